The summed E-state index contributed by atoms with van der Waals surface area (Å²) in [6, 6.07) is 13.3. The predicted molar refractivity (Wildman–Crippen MR) is 82.0 cm³/mol. The van der Waals surface area contributed by atoms with E-state index in [-0.39, 0.29) is 5.82 Å². The molecule has 0 spiro atoms. The summed E-state index contributed by atoms with van der Waals surface area (Å²) in [5, 5.41) is 3.31. The van der Waals surface area contributed by atoms with Crippen LogP contribution in [-0.4, -0.2) is 9.55 Å². The van der Waals surface area contributed by atoms with Gasteiger partial charge in [-0.05, 0) is 42.3 Å². The van der Waals surface area contributed by atoms with Crippen molar-refractivity contribution in [3.63, 3.8) is 0 Å². The van der Waals surface area contributed by atoms with Crippen LogP contribution >= 0.6 is 0 Å². The summed E-state index contributed by atoms with van der Waals surface area (Å²) in [6.45, 7) is 2.35. The first-order chi connectivity index (χ1) is 10.2. The maximum Gasteiger partial charge on any atom is 0.126 e. The van der Waals surface area contributed by atoms with E-state index in [9.17, 15) is 4.39 Å². The van der Waals surface area contributed by atoms with Gasteiger partial charge in [0.1, 0.15) is 5.82 Å². The molecule has 106 valence electrons. The lowest BCUT2D eigenvalue weighted by Crippen LogP contribution is -2.01. The lowest BCUT2D eigenvalue weighted by molar-refractivity contribution is 0.616. The van der Waals surface area contributed by atoms with E-state index in [1.807, 2.05) is 41.1 Å². The third kappa shape index (κ3) is 3.11. The number of hydrogen-bond donors (Lipinski definition) is 1. The molecule has 0 bridgehead atoms. The Balaban J connectivity index is 1.73. The Morgan fingerprint density at radius 2 is 2.10 bits per heavy atom. The molecule has 21 heavy (non-hydrogen) atoms. The molecule has 0 unspecified atom stereocenters. The topological polar surface area (TPSA) is 29.9 Å². The van der Waals surface area contributed by atoms with Gasteiger partial charge < -0.3 is 9.88 Å². The monoisotopic (exact) mass is 281 g/mol. The predicted octanol–water partition coefficient (Wildman–Crippen LogP) is 3.93. The highest BCUT2D eigenvalue weighted by Gasteiger charge is 2.01. The Hall–Kier alpha value is -2.62. The first kappa shape index (κ1) is 13.4. The summed E-state index contributed by atoms with van der Waals surface area (Å²) >= 11 is 0. The molecule has 0 saturated heterocycles. The highest BCUT2D eigenvalue weighted by atomic mass is 19.1. The minimum atomic E-state index is -0.165. The highest BCUT2D eigenvalue weighted by molar-refractivity contribution is 5.51. The fourth-order valence-electron chi connectivity index (χ4n) is 2.14. The van der Waals surface area contributed by atoms with Crippen molar-refractivity contribution in [3.05, 3.63) is 78.1 Å². The van der Waals surface area contributed by atoms with Crippen molar-refractivity contribution in [3.8, 4) is 5.69 Å². The summed E-state index contributed by atoms with van der Waals surface area (Å²) in [4.78, 5) is 4.04. The smallest absolute Gasteiger partial charge is 0.126 e. The average Bonchev–Trinajstić information content (AvgIpc) is 3.03. The molecule has 0 aliphatic carbocycles. The van der Waals surface area contributed by atoms with Crippen LogP contribution in [0.25, 0.3) is 5.69 Å². The highest BCUT2D eigenvalue weighted by Crippen LogP contribution is 2.16. The summed E-state index contributed by atoms with van der Waals surface area (Å²) in [6.07, 6.45) is 5.40. The molecule has 0 fully saturated rings. The van der Waals surface area contributed by atoms with Gasteiger partial charge in [-0.2, -0.15) is 0 Å². The Morgan fingerprint density at radius 3 is 2.86 bits per heavy atom. The van der Waals surface area contributed by atoms with Crippen LogP contribution in [0.5, 0.6) is 0 Å². The van der Waals surface area contributed by atoms with Crippen molar-refractivity contribution in [1.82, 2.24) is 9.55 Å². The molecule has 0 aliphatic heterocycles. The fourth-order valence-corrected chi connectivity index (χ4v) is 2.14. The maximum atomic E-state index is 13.5. The number of aromatic nitrogens is 2. The zero-order chi connectivity index (χ0) is 14.7. The van der Waals surface area contributed by atoms with E-state index in [4.69, 9.17) is 0 Å². The first-order valence-electron chi connectivity index (χ1n) is 6.80. The molecule has 0 radical (unpaired) electrons. The lowest BCUT2D eigenvalue weighted by atomic mass is 10.1. The third-order valence-electron chi connectivity index (χ3n) is 3.38. The fraction of sp³-hybridized carbons (Fsp3) is 0.118. The molecule has 1 heterocycles. The normalized spacial score (nSPS) is 10.6. The summed E-state index contributed by atoms with van der Waals surface area (Å²) in [7, 11) is 0. The van der Waals surface area contributed by atoms with Gasteiger partial charge in [0.05, 0.1) is 6.33 Å². The summed E-state index contributed by atoms with van der Waals surface area (Å²) in [5.41, 5.74) is 3.61. The second-order valence-corrected chi connectivity index (χ2v) is 4.96. The third-order valence-corrected chi connectivity index (χ3v) is 3.38. The molecular formula is C17H16FN3. The van der Waals surface area contributed by atoms with E-state index >= 15 is 0 Å². The number of halogens is 1. The van der Waals surface area contributed by atoms with Crippen molar-refractivity contribution in [1.29, 1.82) is 0 Å². The van der Waals surface area contributed by atoms with Crippen molar-refractivity contribution < 1.29 is 4.39 Å². The van der Waals surface area contributed by atoms with Crippen molar-refractivity contribution in [2.45, 2.75) is 13.5 Å². The molecule has 0 amide bonds. The first-order valence-corrected chi connectivity index (χ1v) is 6.80. The Labute approximate surface area is 123 Å². The van der Waals surface area contributed by atoms with Crippen LogP contribution in [0.15, 0.2) is 61.2 Å². The molecule has 1 aromatic heterocycles. The number of nitrogens with zero attached hydrogens (tertiary/aromatic N) is 2. The maximum absolute atomic E-state index is 13.5. The van der Waals surface area contributed by atoms with Crippen LogP contribution < -0.4 is 5.32 Å². The van der Waals surface area contributed by atoms with Crippen LogP contribution in [0.1, 0.15) is 11.1 Å². The number of aryl methyl sites for hydroxylation is 1. The van der Waals surface area contributed by atoms with E-state index in [2.05, 4.69) is 10.3 Å². The van der Waals surface area contributed by atoms with Gasteiger partial charge in [0.2, 0.25) is 0 Å². The van der Waals surface area contributed by atoms with Gasteiger partial charge in [0.25, 0.3) is 0 Å². The lowest BCUT2D eigenvalue weighted by Gasteiger charge is -2.09. The zero-order valence-electron chi connectivity index (χ0n) is 11.8. The van der Waals surface area contributed by atoms with Gasteiger partial charge in [0.15, 0.2) is 0 Å². The molecule has 3 nitrogen and oxygen atoms in total. The molecule has 3 aromatic rings. The average molecular weight is 281 g/mol. The van der Waals surface area contributed by atoms with Crippen LogP contribution in [0.4, 0.5) is 10.1 Å². The summed E-state index contributed by atoms with van der Waals surface area (Å²) < 4.78 is 15.5. The second kappa shape index (κ2) is 5.79. The zero-order valence-corrected chi connectivity index (χ0v) is 11.8. The van der Waals surface area contributed by atoms with Crippen LogP contribution in [0.3, 0.4) is 0 Å². The van der Waals surface area contributed by atoms with Gasteiger partial charge >= 0.3 is 0 Å². The second-order valence-electron chi connectivity index (χ2n) is 4.96. The quantitative estimate of drug-likeness (QED) is 0.785. The number of imidazole rings is 1. The van der Waals surface area contributed by atoms with E-state index < -0.39 is 0 Å². The van der Waals surface area contributed by atoms with Gasteiger partial charge in [0, 0.05) is 30.3 Å². The number of nitrogens with one attached hydrogen (secondary N) is 1. The van der Waals surface area contributed by atoms with Crippen LogP contribution in [-0.2, 0) is 6.54 Å². The van der Waals surface area contributed by atoms with Gasteiger partial charge in [-0.3, -0.25) is 0 Å². The molecule has 2 aromatic carbocycles. The SMILES string of the molecule is Cc1ccc(CNc2cccc(-n3ccnc3)c2)cc1F. The molecule has 3 rings (SSSR count). The van der Waals surface area contributed by atoms with Crippen LogP contribution in [0, 0.1) is 12.7 Å². The number of hydrogen-bond acceptors (Lipinski definition) is 2. The minimum Gasteiger partial charge on any atom is -0.381 e. The Morgan fingerprint density at radius 1 is 1.19 bits per heavy atom. The summed E-state index contributed by atoms with van der Waals surface area (Å²) in [5.74, 6) is -0.165. The standard InChI is InChI=1S/C17H16FN3/c1-13-5-6-14(9-17(13)18)11-20-15-3-2-4-16(10-15)21-8-7-19-12-21/h2-10,12,20H,11H2,1H3. The Kier molecular flexibility index (Phi) is 3.69. The van der Waals surface area contributed by atoms with Gasteiger partial charge in [-0.1, -0.05) is 18.2 Å². The van der Waals surface area contributed by atoms with Gasteiger partial charge in [-0.25, -0.2) is 9.37 Å². The molecule has 0 atom stereocenters. The number of anilines is 1. The molecule has 0 saturated carbocycles. The van der Waals surface area contributed by atoms with Crippen molar-refractivity contribution >= 4 is 5.69 Å². The largest absolute Gasteiger partial charge is 0.381 e. The van der Waals surface area contributed by atoms with E-state index in [1.165, 1.54) is 0 Å². The molecule has 4 heteroatoms. The van der Waals surface area contributed by atoms with Crippen molar-refractivity contribution in [2.75, 3.05) is 5.32 Å². The number of rotatable bonds is 4. The van der Waals surface area contributed by atoms with Gasteiger partial charge in [-0.15, -0.1) is 0 Å². The van der Waals surface area contributed by atoms with E-state index in [0.717, 1.165) is 16.9 Å². The van der Waals surface area contributed by atoms with E-state index in [1.54, 1.807) is 31.6 Å². The van der Waals surface area contributed by atoms with Crippen LogP contribution in [0.2, 0.25) is 0 Å². The molecular weight excluding hydrogens is 265 g/mol. The van der Waals surface area contributed by atoms with Crippen molar-refractivity contribution in [2.24, 2.45) is 0 Å². The minimum absolute atomic E-state index is 0.165. The van der Waals surface area contributed by atoms with E-state index in [0.29, 0.717) is 12.1 Å². The Bertz CT molecular complexity index is 736. The molecule has 1 N–H and O–H groups in total. The number of benzene rings is 2. The molecule has 0 aliphatic rings.